The lowest BCUT2D eigenvalue weighted by Gasteiger charge is -2.27. The smallest absolute Gasteiger partial charge is 0.106 e. The first kappa shape index (κ1) is 14.9. The summed E-state index contributed by atoms with van der Waals surface area (Å²) in [5.41, 5.74) is -0.0664. The largest absolute Gasteiger partial charge is 0.378 e. The predicted octanol–water partition coefficient (Wildman–Crippen LogP) is 2.60. The molecule has 0 spiro atoms. The second-order valence-corrected chi connectivity index (χ2v) is 5.24. The molecular formula is C14H29NO2. The summed E-state index contributed by atoms with van der Waals surface area (Å²) in [6.07, 6.45) is 6.27. The summed E-state index contributed by atoms with van der Waals surface area (Å²) >= 11 is 0. The lowest BCUT2D eigenvalue weighted by Crippen LogP contribution is -2.44. The number of ether oxygens (including phenoxy) is 2. The molecule has 102 valence electrons. The number of methoxy groups -OCH3 is 1. The van der Waals surface area contributed by atoms with Crippen LogP contribution in [0.5, 0.6) is 0 Å². The minimum absolute atomic E-state index is 0.0664. The first-order valence-corrected chi connectivity index (χ1v) is 7.10. The molecule has 1 aliphatic rings. The van der Waals surface area contributed by atoms with E-state index in [-0.39, 0.29) is 5.60 Å². The Hall–Kier alpha value is -0.120. The second-order valence-electron chi connectivity index (χ2n) is 5.24. The Balaban J connectivity index is 2.20. The lowest BCUT2D eigenvalue weighted by atomic mass is 9.98. The van der Waals surface area contributed by atoms with Crippen molar-refractivity contribution in [3.05, 3.63) is 0 Å². The Bertz CT molecular complexity index is 191. The van der Waals surface area contributed by atoms with Crippen molar-refractivity contribution < 1.29 is 9.47 Å². The van der Waals surface area contributed by atoms with Crippen molar-refractivity contribution in [1.29, 1.82) is 0 Å². The molecular weight excluding hydrogens is 214 g/mol. The molecule has 0 aliphatic carbocycles. The van der Waals surface area contributed by atoms with E-state index in [0.29, 0.717) is 0 Å². The van der Waals surface area contributed by atoms with E-state index in [1.165, 1.54) is 25.7 Å². The van der Waals surface area contributed by atoms with Crippen LogP contribution in [0.4, 0.5) is 0 Å². The molecule has 0 aromatic heterocycles. The molecule has 1 saturated heterocycles. The number of hydrogen-bond acceptors (Lipinski definition) is 3. The first-order chi connectivity index (χ1) is 8.26. The van der Waals surface area contributed by atoms with Gasteiger partial charge >= 0.3 is 0 Å². The summed E-state index contributed by atoms with van der Waals surface area (Å²) in [5.74, 6) is 0.811. The molecule has 0 radical (unpaired) electrons. The van der Waals surface area contributed by atoms with Gasteiger partial charge in [0, 0.05) is 26.7 Å². The molecule has 0 aromatic rings. The van der Waals surface area contributed by atoms with Gasteiger partial charge in [0.15, 0.2) is 0 Å². The van der Waals surface area contributed by atoms with E-state index >= 15 is 0 Å². The fraction of sp³-hybridized carbons (Fsp3) is 1.00. The van der Waals surface area contributed by atoms with E-state index in [1.807, 2.05) is 0 Å². The third kappa shape index (κ3) is 4.94. The Morgan fingerprint density at radius 2 is 2.24 bits per heavy atom. The minimum atomic E-state index is -0.0664. The van der Waals surface area contributed by atoms with Gasteiger partial charge in [-0.3, -0.25) is 0 Å². The van der Waals surface area contributed by atoms with Gasteiger partial charge in [0.25, 0.3) is 0 Å². The summed E-state index contributed by atoms with van der Waals surface area (Å²) in [6.45, 7) is 8.15. The van der Waals surface area contributed by atoms with Crippen LogP contribution in [0.15, 0.2) is 0 Å². The summed E-state index contributed by atoms with van der Waals surface area (Å²) in [5, 5.41) is 3.57. The molecule has 0 bridgehead atoms. The van der Waals surface area contributed by atoms with Crippen molar-refractivity contribution in [3.63, 3.8) is 0 Å². The standard InChI is InChI=1S/C14H29NO2/c1-4-6-7-13(5-2)10-15-11-14(16-3)8-9-17-12-14/h13,15H,4-12H2,1-3H3. The highest BCUT2D eigenvalue weighted by molar-refractivity contribution is 4.87. The molecule has 1 N–H and O–H groups in total. The maximum absolute atomic E-state index is 5.61. The number of rotatable bonds is 9. The number of unbranched alkanes of at least 4 members (excludes halogenated alkanes) is 1. The average Bonchev–Trinajstić information content (AvgIpc) is 2.83. The Morgan fingerprint density at radius 1 is 1.41 bits per heavy atom. The van der Waals surface area contributed by atoms with Crippen LogP contribution in [0.3, 0.4) is 0 Å². The molecule has 0 aromatic carbocycles. The van der Waals surface area contributed by atoms with E-state index < -0.39 is 0 Å². The monoisotopic (exact) mass is 243 g/mol. The van der Waals surface area contributed by atoms with E-state index in [1.54, 1.807) is 7.11 Å². The quantitative estimate of drug-likeness (QED) is 0.675. The predicted molar refractivity (Wildman–Crippen MR) is 71.4 cm³/mol. The molecule has 1 aliphatic heterocycles. The fourth-order valence-electron chi connectivity index (χ4n) is 2.41. The van der Waals surface area contributed by atoms with E-state index in [4.69, 9.17) is 9.47 Å². The number of hydrogen-bond donors (Lipinski definition) is 1. The molecule has 2 atom stereocenters. The van der Waals surface area contributed by atoms with Crippen molar-refractivity contribution in [2.75, 3.05) is 33.4 Å². The zero-order chi connectivity index (χ0) is 12.6. The Labute approximate surface area is 106 Å². The normalized spacial score (nSPS) is 26.3. The van der Waals surface area contributed by atoms with E-state index in [2.05, 4.69) is 19.2 Å². The van der Waals surface area contributed by atoms with E-state index in [9.17, 15) is 0 Å². The van der Waals surface area contributed by atoms with Crippen LogP contribution < -0.4 is 5.32 Å². The summed E-state index contributed by atoms with van der Waals surface area (Å²) < 4.78 is 11.0. The maximum atomic E-state index is 5.61. The molecule has 1 fully saturated rings. The van der Waals surface area contributed by atoms with Gasteiger partial charge < -0.3 is 14.8 Å². The third-order valence-corrected chi connectivity index (χ3v) is 3.92. The van der Waals surface area contributed by atoms with E-state index in [0.717, 1.165) is 38.6 Å². The SMILES string of the molecule is CCCCC(CC)CNCC1(OC)CCOC1. The molecule has 0 saturated carbocycles. The summed E-state index contributed by atoms with van der Waals surface area (Å²) in [6, 6.07) is 0. The Morgan fingerprint density at radius 3 is 2.76 bits per heavy atom. The van der Waals surface area contributed by atoms with Gasteiger partial charge in [0.05, 0.1) is 6.61 Å². The van der Waals surface area contributed by atoms with Crippen LogP contribution in [0, 0.1) is 5.92 Å². The van der Waals surface area contributed by atoms with Crippen LogP contribution >= 0.6 is 0 Å². The fourth-order valence-corrected chi connectivity index (χ4v) is 2.41. The highest BCUT2D eigenvalue weighted by Gasteiger charge is 2.34. The van der Waals surface area contributed by atoms with Gasteiger partial charge in [-0.05, 0) is 18.9 Å². The van der Waals surface area contributed by atoms with Crippen molar-refractivity contribution in [2.45, 2.75) is 51.6 Å². The highest BCUT2D eigenvalue weighted by atomic mass is 16.5. The molecule has 1 rings (SSSR count). The van der Waals surface area contributed by atoms with Crippen LogP contribution in [0.25, 0.3) is 0 Å². The molecule has 1 heterocycles. The number of nitrogens with one attached hydrogen (secondary N) is 1. The van der Waals surface area contributed by atoms with Gasteiger partial charge in [-0.1, -0.05) is 33.1 Å². The summed E-state index contributed by atoms with van der Waals surface area (Å²) in [7, 11) is 1.80. The van der Waals surface area contributed by atoms with Crippen LogP contribution in [0.2, 0.25) is 0 Å². The summed E-state index contributed by atoms with van der Waals surface area (Å²) in [4.78, 5) is 0. The molecule has 3 nitrogen and oxygen atoms in total. The van der Waals surface area contributed by atoms with Crippen molar-refractivity contribution in [1.82, 2.24) is 5.32 Å². The average molecular weight is 243 g/mol. The Kier molecular flexibility index (Phi) is 7.09. The third-order valence-electron chi connectivity index (χ3n) is 3.92. The first-order valence-electron chi connectivity index (χ1n) is 7.10. The van der Waals surface area contributed by atoms with Crippen molar-refractivity contribution >= 4 is 0 Å². The lowest BCUT2D eigenvalue weighted by molar-refractivity contribution is -0.0162. The minimum Gasteiger partial charge on any atom is -0.378 e. The van der Waals surface area contributed by atoms with Gasteiger partial charge in [-0.15, -0.1) is 0 Å². The van der Waals surface area contributed by atoms with Crippen molar-refractivity contribution in [3.8, 4) is 0 Å². The van der Waals surface area contributed by atoms with Crippen LogP contribution in [-0.2, 0) is 9.47 Å². The zero-order valence-corrected chi connectivity index (χ0v) is 11.8. The topological polar surface area (TPSA) is 30.5 Å². The van der Waals surface area contributed by atoms with Gasteiger partial charge in [-0.2, -0.15) is 0 Å². The molecule has 0 amide bonds. The second kappa shape index (κ2) is 8.06. The van der Waals surface area contributed by atoms with Gasteiger partial charge in [0.2, 0.25) is 0 Å². The van der Waals surface area contributed by atoms with Crippen molar-refractivity contribution in [2.24, 2.45) is 5.92 Å². The molecule has 3 heteroatoms. The molecule has 2 unspecified atom stereocenters. The van der Waals surface area contributed by atoms with Gasteiger partial charge in [-0.25, -0.2) is 0 Å². The molecule has 17 heavy (non-hydrogen) atoms. The maximum Gasteiger partial charge on any atom is 0.106 e. The van der Waals surface area contributed by atoms with Crippen LogP contribution in [-0.4, -0.2) is 39.0 Å². The highest BCUT2D eigenvalue weighted by Crippen LogP contribution is 2.21. The van der Waals surface area contributed by atoms with Gasteiger partial charge in [0.1, 0.15) is 5.60 Å². The zero-order valence-electron chi connectivity index (χ0n) is 11.8. The van der Waals surface area contributed by atoms with Crippen LogP contribution in [0.1, 0.15) is 46.0 Å².